The zero-order valence-corrected chi connectivity index (χ0v) is 6.03. The van der Waals surface area contributed by atoms with Crippen LogP contribution in [0.1, 0.15) is 10.4 Å². The number of carbonyl (C=O) groups is 1. The average molecular weight is 151 g/mol. The lowest BCUT2D eigenvalue weighted by Crippen LogP contribution is -1.94. The molecule has 0 aromatic carbocycles. The molecule has 0 unspecified atom stereocenters. The number of nitrogens with zero attached hydrogens (tertiary/aromatic N) is 1. The van der Waals surface area contributed by atoms with E-state index in [4.69, 9.17) is 5.11 Å². The van der Waals surface area contributed by atoms with Crippen LogP contribution in [-0.2, 0) is 0 Å². The molecule has 1 rings (SSSR count). The van der Waals surface area contributed by atoms with E-state index in [1.165, 1.54) is 18.5 Å². The molecule has 1 aromatic heterocycles. The molecule has 0 saturated heterocycles. The van der Waals surface area contributed by atoms with E-state index in [1.807, 2.05) is 0 Å². The molecule has 3 heteroatoms. The first-order chi connectivity index (χ1) is 5.30. The van der Waals surface area contributed by atoms with Gasteiger partial charge in [-0.15, -0.1) is 13.2 Å². The summed E-state index contributed by atoms with van der Waals surface area (Å²) in [4.78, 5) is 13.8. The van der Waals surface area contributed by atoms with Crippen LogP contribution in [0.25, 0.3) is 0 Å². The molecule has 0 bridgehead atoms. The van der Waals surface area contributed by atoms with Gasteiger partial charge < -0.3 is 5.11 Å². The van der Waals surface area contributed by atoms with Crippen LogP contribution in [0.4, 0.5) is 0 Å². The van der Waals surface area contributed by atoms with Gasteiger partial charge in [0.1, 0.15) is 0 Å². The first kappa shape index (κ1) is 9.36. The zero-order valence-electron chi connectivity index (χ0n) is 6.03. The van der Waals surface area contributed by atoms with Crippen molar-refractivity contribution in [3.63, 3.8) is 0 Å². The van der Waals surface area contributed by atoms with E-state index in [2.05, 4.69) is 18.1 Å². The number of hydrogen-bond acceptors (Lipinski definition) is 2. The molecule has 0 atom stereocenters. The highest BCUT2D eigenvalue weighted by Gasteiger charge is 1.97. The van der Waals surface area contributed by atoms with Crippen molar-refractivity contribution < 1.29 is 9.90 Å². The Labute approximate surface area is 65.0 Å². The fourth-order valence-corrected chi connectivity index (χ4v) is 0.489. The third kappa shape index (κ3) is 3.15. The second-order valence-corrected chi connectivity index (χ2v) is 1.55. The summed E-state index contributed by atoms with van der Waals surface area (Å²) in [5.74, 6) is -0.942. The lowest BCUT2D eigenvalue weighted by atomic mass is 10.3. The van der Waals surface area contributed by atoms with Crippen molar-refractivity contribution >= 4 is 5.97 Å². The minimum atomic E-state index is -0.942. The molecule has 3 nitrogen and oxygen atoms in total. The van der Waals surface area contributed by atoms with Gasteiger partial charge in [-0.2, -0.15) is 0 Å². The molecule has 1 aromatic rings. The van der Waals surface area contributed by atoms with Crippen molar-refractivity contribution in [1.29, 1.82) is 0 Å². The average Bonchev–Trinajstić information content (AvgIpc) is 2.10. The summed E-state index contributed by atoms with van der Waals surface area (Å²) < 4.78 is 0. The first-order valence-electron chi connectivity index (χ1n) is 2.94. The van der Waals surface area contributed by atoms with E-state index in [0.717, 1.165) is 0 Å². The maximum absolute atomic E-state index is 10.2. The minimum absolute atomic E-state index is 0.220. The Morgan fingerprint density at radius 3 is 2.45 bits per heavy atom. The van der Waals surface area contributed by atoms with Gasteiger partial charge in [0, 0.05) is 12.4 Å². The fourth-order valence-electron chi connectivity index (χ4n) is 0.489. The van der Waals surface area contributed by atoms with Crippen LogP contribution < -0.4 is 0 Å². The molecule has 0 amide bonds. The number of aromatic nitrogens is 1. The Kier molecular flexibility index (Phi) is 4.40. The van der Waals surface area contributed by atoms with E-state index < -0.39 is 5.97 Å². The zero-order chi connectivity index (χ0) is 8.69. The third-order valence-corrected chi connectivity index (χ3v) is 0.908. The molecule has 0 aliphatic rings. The number of carboxylic acids is 1. The van der Waals surface area contributed by atoms with Crippen LogP contribution in [0.3, 0.4) is 0 Å². The van der Waals surface area contributed by atoms with Crippen LogP contribution in [-0.4, -0.2) is 16.1 Å². The van der Waals surface area contributed by atoms with Gasteiger partial charge in [-0.25, -0.2) is 4.79 Å². The Hall–Kier alpha value is -1.64. The molecule has 1 N–H and O–H groups in total. The predicted octanol–water partition coefficient (Wildman–Crippen LogP) is 1.58. The summed E-state index contributed by atoms with van der Waals surface area (Å²) in [5, 5.41) is 8.34. The van der Waals surface area contributed by atoms with Crippen LogP contribution in [0.2, 0.25) is 0 Å². The Bertz CT molecular complexity index is 221. The highest BCUT2D eigenvalue weighted by molar-refractivity contribution is 5.86. The van der Waals surface area contributed by atoms with Crippen molar-refractivity contribution in [3.8, 4) is 0 Å². The minimum Gasteiger partial charge on any atom is -0.478 e. The van der Waals surface area contributed by atoms with Gasteiger partial charge in [0.25, 0.3) is 0 Å². The SMILES string of the molecule is C=C.O=C(O)c1cccnc1. The molecular weight excluding hydrogens is 142 g/mol. The monoisotopic (exact) mass is 151 g/mol. The molecule has 58 valence electrons. The lowest BCUT2D eigenvalue weighted by molar-refractivity contribution is 0.0696. The maximum atomic E-state index is 10.2. The normalized spacial score (nSPS) is 7.64. The standard InChI is InChI=1S/C6H5NO2.C2H4/c8-6(9)5-2-1-3-7-4-5;1-2/h1-4H,(H,8,9);1-2H2. The summed E-state index contributed by atoms with van der Waals surface area (Å²) in [6.07, 6.45) is 2.84. The van der Waals surface area contributed by atoms with Crippen LogP contribution in [0.15, 0.2) is 37.7 Å². The summed E-state index contributed by atoms with van der Waals surface area (Å²) in [5.41, 5.74) is 0.220. The van der Waals surface area contributed by atoms with E-state index in [1.54, 1.807) is 6.07 Å². The largest absolute Gasteiger partial charge is 0.478 e. The second-order valence-electron chi connectivity index (χ2n) is 1.55. The Morgan fingerprint density at radius 2 is 2.18 bits per heavy atom. The molecule has 1 heterocycles. The summed E-state index contributed by atoms with van der Waals surface area (Å²) in [6.45, 7) is 6.00. The molecular formula is C8H9NO2. The number of pyridine rings is 1. The van der Waals surface area contributed by atoms with Crippen LogP contribution >= 0.6 is 0 Å². The quantitative estimate of drug-likeness (QED) is 0.620. The number of hydrogen-bond donors (Lipinski definition) is 1. The second kappa shape index (κ2) is 5.17. The van der Waals surface area contributed by atoms with Gasteiger partial charge in [0.2, 0.25) is 0 Å². The number of aromatic carboxylic acids is 1. The van der Waals surface area contributed by atoms with Crippen molar-refractivity contribution in [2.45, 2.75) is 0 Å². The smallest absolute Gasteiger partial charge is 0.337 e. The molecule has 0 spiro atoms. The molecule has 0 aliphatic carbocycles. The van der Waals surface area contributed by atoms with Gasteiger partial charge in [0.05, 0.1) is 5.56 Å². The number of rotatable bonds is 1. The van der Waals surface area contributed by atoms with E-state index >= 15 is 0 Å². The van der Waals surface area contributed by atoms with Crippen molar-refractivity contribution in [2.75, 3.05) is 0 Å². The van der Waals surface area contributed by atoms with Crippen LogP contribution in [0.5, 0.6) is 0 Å². The van der Waals surface area contributed by atoms with Crippen molar-refractivity contribution in [3.05, 3.63) is 43.2 Å². The summed E-state index contributed by atoms with van der Waals surface area (Å²) in [6, 6.07) is 3.08. The summed E-state index contributed by atoms with van der Waals surface area (Å²) in [7, 11) is 0. The molecule has 0 fully saturated rings. The highest BCUT2D eigenvalue weighted by Crippen LogP contribution is 1.92. The third-order valence-electron chi connectivity index (χ3n) is 0.908. The van der Waals surface area contributed by atoms with Gasteiger partial charge in [0.15, 0.2) is 0 Å². The van der Waals surface area contributed by atoms with E-state index in [-0.39, 0.29) is 5.56 Å². The van der Waals surface area contributed by atoms with E-state index in [0.29, 0.717) is 0 Å². The summed E-state index contributed by atoms with van der Waals surface area (Å²) >= 11 is 0. The number of carboxylic acid groups (broad SMARTS) is 1. The molecule has 0 aliphatic heterocycles. The van der Waals surface area contributed by atoms with Crippen molar-refractivity contribution in [1.82, 2.24) is 4.98 Å². The van der Waals surface area contributed by atoms with Gasteiger partial charge in [-0.05, 0) is 12.1 Å². The van der Waals surface area contributed by atoms with Crippen LogP contribution in [0, 0.1) is 0 Å². The maximum Gasteiger partial charge on any atom is 0.337 e. The highest BCUT2D eigenvalue weighted by atomic mass is 16.4. The van der Waals surface area contributed by atoms with Gasteiger partial charge >= 0.3 is 5.97 Å². The fraction of sp³-hybridized carbons (Fsp3) is 0. The Morgan fingerprint density at radius 1 is 1.55 bits per heavy atom. The predicted molar refractivity (Wildman–Crippen MR) is 42.5 cm³/mol. The molecule has 11 heavy (non-hydrogen) atoms. The molecule has 0 radical (unpaired) electrons. The lowest BCUT2D eigenvalue weighted by Gasteiger charge is -1.87. The van der Waals surface area contributed by atoms with E-state index in [9.17, 15) is 4.79 Å². The van der Waals surface area contributed by atoms with Gasteiger partial charge in [-0.3, -0.25) is 4.98 Å². The Balaban J connectivity index is 0.000000461. The topological polar surface area (TPSA) is 50.2 Å². The first-order valence-corrected chi connectivity index (χ1v) is 2.94. The molecule has 0 saturated carbocycles. The van der Waals surface area contributed by atoms with Gasteiger partial charge in [-0.1, -0.05) is 0 Å². The van der Waals surface area contributed by atoms with Crippen molar-refractivity contribution in [2.24, 2.45) is 0 Å².